The highest BCUT2D eigenvalue weighted by Gasteiger charge is 2.33. The molecule has 10 heteroatoms. The Hall–Kier alpha value is -2.07. The summed E-state index contributed by atoms with van der Waals surface area (Å²) in [6.07, 6.45) is -0.997. The fraction of sp³-hybridized carbons (Fsp3) is 0.100. The van der Waals surface area contributed by atoms with Gasteiger partial charge in [0.05, 0.1) is 6.20 Å². The molecule has 0 bridgehead atoms. The standard InChI is InChI=1S/C10H8FN3O4S2/c1-6-4-9(12-5-7(6)11)20(17,18)14(10(15)16)8-2-3-19-13-8/h2-5H,1H3,(H,15,16). The van der Waals surface area contributed by atoms with Crippen LogP contribution in [0.2, 0.25) is 0 Å². The zero-order valence-corrected chi connectivity index (χ0v) is 11.7. The molecule has 0 spiro atoms. The van der Waals surface area contributed by atoms with Crippen molar-refractivity contribution in [3.8, 4) is 0 Å². The minimum absolute atomic E-state index is 0.0437. The number of sulfonamides is 1. The molecule has 0 fully saturated rings. The Kier molecular flexibility index (Phi) is 3.68. The lowest BCUT2D eigenvalue weighted by Gasteiger charge is -2.16. The molecule has 0 saturated carbocycles. The highest BCUT2D eigenvalue weighted by Crippen LogP contribution is 2.23. The molecule has 0 unspecified atom stereocenters. The Morgan fingerprint density at radius 1 is 1.50 bits per heavy atom. The molecule has 1 N–H and O–H groups in total. The average molecular weight is 317 g/mol. The van der Waals surface area contributed by atoms with E-state index in [1.165, 1.54) is 18.4 Å². The Bertz CT molecular complexity index is 746. The summed E-state index contributed by atoms with van der Waals surface area (Å²) in [5, 5.41) is 9.95. The number of amides is 1. The number of aromatic nitrogens is 2. The third-order valence-corrected chi connectivity index (χ3v) is 4.46. The number of anilines is 1. The van der Waals surface area contributed by atoms with Gasteiger partial charge in [-0.15, -0.1) is 4.31 Å². The maximum Gasteiger partial charge on any atom is 0.427 e. The fourth-order valence-corrected chi connectivity index (χ4v) is 3.18. The molecule has 0 aromatic carbocycles. The lowest BCUT2D eigenvalue weighted by molar-refractivity contribution is 0.206. The van der Waals surface area contributed by atoms with Crippen LogP contribution < -0.4 is 4.31 Å². The molecule has 2 aromatic heterocycles. The number of hydrogen-bond donors (Lipinski definition) is 1. The first kappa shape index (κ1) is 14.3. The second-order valence-electron chi connectivity index (χ2n) is 3.68. The molecule has 20 heavy (non-hydrogen) atoms. The molecule has 7 nitrogen and oxygen atoms in total. The fourth-order valence-electron chi connectivity index (χ4n) is 1.38. The number of pyridine rings is 1. The van der Waals surface area contributed by atoms with E-state index in [4.69, 9.17) is 5.11 Å². The van der Waals surface area contributed by atoms with Crippen LogP contribution in [0.4, 0.5) is 15.0 Å². The number of carbonyl (C=O) groups is 1. The van der Waals surface area contributed by atoms with Gasteiger partial charge in [0.2, 0.25) is 0 Å². The highest BCUT2D eigenvalue weighted by molar-refractivity contribution is 7.93. The lowest BCUT2D eigenvalue weighted by Crippen LogP contribution is -2.36. The summed E-state index contributed by atoms with van der Waals surface area (Å²) < 4.78 is 41.4. The first-order chi connectivity index (χ1) is 9.34. The Morgan fingerprint density at radius 3 is 2.70 bits per heavy atom. The average Bonchev–Trinajstić information content (AvgIpc) is 2.85. The van der Waals surface area contributed by atoms with E-state index in [-0.39, 0.29) is 15.7 Å². The molecule has 2 rings (SSSR count). The largest absolute Gasteiger partial charge is 0.464 e. The molecular weight excluding hydrogens is 309 g/mol. The smallest absolute Gasteiger partial charge is 0.427 e. The van der Waals surface area contributed by atoms with Gasteiger partial charge in [-0.25, -0.2) is 14.2 Å². The second kappa shape index (κ2) is 5.13. The molecule has 0 radical (unpaired) electrons. The minimum Gasteiger partial charge on any atom is -0.464 e. The monoisotopic (exact) mass is 317 g/mol. The van der Waals surface area contributed by atoms with Crippen molar-refractivity contribution in [1.29, 1.82) is 0 Å². The van der Waals surface area contributed by atoms with Crippen LogP contribution in [0, 0.1) is 12.7 Å². The summed E-state index contributed by atoms with van der Waals surface area (Å²) in [5.41, 5.74) is 0.0437. The molecule has 0 aliphatic heterocycles. The van der Waals surface area contributed by atoms with Gasteiger partial charge in [-0.1, -0.05) is 0 Å². The van der Waals surface area contributed by atoms with Gasteiger partial charge < -0.3 is 5.11 Å². The van der Waals surface area contributed by atoms with Crippen LogP contribution in [-0.4, -0.2) is 29.0 Å². The highest BCUT2D eigenvalue weighted by atomic mass is 32.2. The summed E-state index contributed by atoms with van der Waals surface area (Å²) >= 11 is 0.902. The second-order valence-corrected chi connectivity index (χ2v) is 6.08. The van der Waals surface area contributed by atoms with Crippen molar-refractivity contribution in [2.75, 3.05) is 4.31 Å². The Labute approximate surface area is 117 Å². The van der Waals surface area contributed by atoms with Crippen LogP contribution in [0.1, 0.15) is 5.56 Å². The maximum absolute atomic E-state index is 13.1. The SMILES string of the molecule is Cc1cc(S(=O)(=O)N(C(=O)O)c2ccsn2)ncc1F. The zero-order valence-electron chi connectivity index (χ0n) is 10.0. The zero-order chi connectivity index (χ0) is 14.9. The first-order valence-electron chi connectivity index (χ1n) is 5.15. The van der Waals surface area contributed by atoms with Crippen LogP contribution >= 0.6 is 11.5 Å². The van der Waals surface area contributed by atoms with Gasteiger partial charge in [-0.3, -0.25) is 0 Å². The van der Waals surface area contributed by atoms with Crippen molar-refractivity contribution >= 4 is 33.5 Å². The number of nitrogens with zero attached hydrogens (tertiary/aromatic N) is 3. The third kappa shape index (κ3) is 2.47. The van der Waals surface area contributed by atoms with Crippen molar-refractivity contribution < 1.29 is 22.7 Å². The van der Waals surface area contributed by atoms with Crippen molar-refractivity contribution in [2.45, 2.75) is 11.9 Å². The van der Waals surface area contributed by atoms with E-state index in [1.54, 1.807) is 0 Å². The molecule has 2 aromatic rings. The molecule has 0 saturated heterocycles. The molecule has 0 aliphatic carbocycles. The van der Waals surface area contributed by atoms with E-state index in [0.29, 0.717) is 0 Å². The van der Waals surface area contributed by atoms with Crippen molar-refractivity contribution in [3.63, 3.8) is 0 Å². The van der Waals surface area contributed by atoms with Crippen molar-refractivity contribution in [2.24, 2.45) is 0 Å². The van der Waals surface area contributed by atoms with Crippen molar-refractivity contribution in [3.05, 3.63) is 35.1 Å². The van der Waals surface area contributed by atoms with Crippen LogP contribution in [0.25, 0.3) is 0 Å². The number of aryl methyl sites for hydroxylation is 1. The van der Waals surface area contributed by atoms with Gasteiger partial charge in [0.25, 0.3) is 10.0 Å². The van der Waals surface area contributed by atoms with Gasteiger partial charge in [0, 0.05) is 5.38 Å². The summed E-state index contributed by atoms with van der Waals surface area (Å²) in [4.78, 5) is 14.6. The van der Waals surface area contributed by atoms with E-state index in [1.807, 2.05) is 0 Å². The van der Waals surface area contributed by atoms with E-state index in [0.717, 1.165) is 23.8 Å². The summed E-state index contributed by atoms with van der Waals surface area (Å²) in [7, 11) is -4.46. The topological polar surface area (TPSA) is 100 Å². The van der Waals surface area contributed by atoms with Crippen LogP contribution in [0.3, 0.4) is 0 Å². The van der Waals surface area contributed by atoms with Crippen LogP contribution in [0.5, 0.6) is 0 Å². The molecule has 2 heterocycles. The maximum atomic E-state index is 13.1. The third-order valence-electron chi connectivity index (χ3n) is 2.33. The summed E-state index contributed by atoms with van der Waals surface area (Å²) in [6.45, 7) is 1.35. The van der Waals surface area contributed by atoms with Crippen molar-refractivity contribution in [1.82, 2.24) is 9.36 Å². The Morgan fingerprint density at radius 2 is 2.20 bits per heavy atom. The predicted octanol–water partition coefficient (Wildman–Crippen LogP) is 1.86. The number of hydrogen-bond acceptors (Lipinski definition) is 6. The molecule has 0 atom stereocenters. The number of rotatable bonds is 3. The lowest BCUT2D eigenvalue weighted by atomic mass is 10.3. The first-order valence-corrected chi connectivity index (χ1v) is 7.42. The van der Waals surface area contributed by atoms with Crippen LogP contribution in [0.15, 0.2) is 28.7 Å². The summed E-state index contributed by atoms with van der Waals surface area (Å²) in [5.74, 6) is -0.939. The predicted molar refractivity (Wildman–Crippen MR) is 68.7 cm³/mol. The van der Waals surface area contributed by atoms with E-state index < -0.39 is 27.0 Å². The van der Waals surface area contributed by atoms with Gasteiger partial charge in [0.1, 0.15) is 5.82 Å². The molecular formula is C10H8FN3O4S2. The van der Waals surface area contributed by atoms with Crippen LogP contribution in [-0.2, 0) is 10.0 Å². The van der Waals surface area contributed by atoms with Gasteiger partial charge in [0.15, 0.2) is 10.8 Å². The minimum atomic E-state index is -4.46. The summed E-state index contributed by atoms with van der Waals surface area (Å²) in [6, 6.07) is 2.21. The van der Waals surface area contributed by atoms with Gasteiger partial charge >= 0.3 is 6.09 Å². The van der Waals surface area contributed by atoms with Gasteiger partial charge in [-0.2, -0.15) is 12.8 Å². The molecule has 1 amide bonds. The van der Waals surface area contributed by atoms with E-state index >= 15 is 0 Å². The van der Waals surface area contributed by atoms with E-state index in [9.17, 15) is 17.6 Å². The quantitative estimate of drug-likeness (QED) is 0.927. The number of halogens is 1. The normalized spacial score (nSPS) is 11.3. The molecule has 0 aliphatic rings. The Balaban J connectivity index is 2.57. The van der Waals surface area contributed by atoms with Gasteiger partial charge in [-0.05, 0) is 36.2 Å². The van der Waals surface area contributed by atoms with E-state index in [2.05, 4.69) is 9.36 Å². The number of carboxylic acid groups (broad SMARTS) is 1. The molecule has 106 valence electrons.